The lowest BCUT2D eigenvalue weighted by molar-refractivity contribution is -0.138. The molecule has 0 saturated heterocycles. The molecule has 1 aliphatic heterocycles. The zero-order chi connectivity index (χ0) is 16.6. The van der Waals surface area contributed by atoms with Crippen molar-refractivity contribution in [3.8, 4) is 17.1 Å². The SMILES string of the molecule is COc1ccc2c(c1)SCc1c(C(=O)N[C@@H](C)C(=O)O)noc1-2. The summed E-state index contributed by atoms with van der Waals surface area (Å²) in [6, 6.07) is 4.56. The zero-order valence-corrected chi connectivity index (χ0v) is 13.3. The first-order valence-corrected chi connectivity index (χ1v) is 7.83. The maximum Gasteiger partial charge on any atom is 0.325 e. The van der Waals surface area contributed by atoms with Crippen LogP contribution in [0.4, 0.5) is 0 Å². The second-order valence-electron chi connectivity index (χ2n) is 5.02. The van der Waals surface area contributed by atoms with Crippen molar-refractivity contribution in [2.75, 3.05) is 7.11 Å². The number of benzene rings is 1. The molecule has 1 aliphatic rings. The lowest BCUT2D eigenvalue weighted by atomic mass is 10.1. The number of thioether (sulfide) groups is 1. The second-order valence-corrected chi connectivity index (χ2v) is 6.04. The second kappa shape index (κ2) is 5.96. The standard InChI is InChI=1S/C15H14N2O5S/c1-7(15(19)20)16-14(18)12-10-6-23-11-5-8(21-2)3-4-9(11)13(10)22-17-12/h3-5,7H,6H2,1-2H3,(H,16,18)(H,19,20)/t7-/m0/s1. The summed E-state index contributed by atoms with van der Waals surface area (Å²) in [5.41, 5.74) is 1.64. The number of carboxylic acids is 1. The highest BCUT2D eigenvalue weighted by Gasteiger charge is 2.29. The molecular weight excluding hydrogens is 320 g/mol. The molecule has 7 nitrogen and oxygen atoms in total. The molecule has 2 aromatic rings. The van der Waals surface area contributed by atoms with Gasteiger partial charge >= 0.3 is 5.97 Å². The van der Waals surface area contributed by atoms with Crippen LogP contribution in [-0.4, -0.2) is 35.3 Å². The molecule has 3 rings (SSSR count). The fourth-order valence-electron chi connectivity index (χ4n) is 2.25. The van der Waals surface area contributed by atoms with Crippen LogP contribution in [0.15, 0.2) is 27.6 Å². The molecule has 1 amide bonds. The van der Waals surface area contributed by atoms with Crippen LogP contribution in [0, 0.1) is 0 Å². The highest BCUT2D eigenvalue weighted by molar-refractivity contribution is 7.98. The Morgan fingerprint density at radius 3 is 2.96 bits per heavy atom. The molecule has 1 aromatic heterocycles. The highest BCUT2D eigenvalue weighted by atomic mass is 32.2. The Labute approximate surface area is 136 Å². The number of fused-ring (bicyclic) bond motifs is 3. The van der Waals surface area contributed by atoms with E-state index in [9.17, 15) is 9.59 Å². The van der Waals surface area contributed by atoms with E-state index < -0.39 is 17.9 Å². The minimum absolute atomic E-state index is 0.127. The first-order chi connectivity index (χ1) is 11.0. The van der Waals surface area contributed by atoms with Gasteiger partial charge in [0.1, 0.15) is 11.8 Å². The number of hydrogen-bond donors (Lipinski definition) is 2. The molecule has 120 valence electrons. The smallest absolute Gasteiger partial charge is 0.325 e. The molecule has 0 unspecified atom stereocenters. The van der Waals surface area contributed by atoms with E-state index in [1.54, 1.807) is 18.9 Å². The normalized spacial score (nSPS) is 13.7. The van der Waals surface area contributed by atoms with Gasteiger partial charge in [0.15, 0.2) is 11.5 Å². The van der Waals surface area contributed by atoms with Crippen LogP contribution >= 0.6 is 11.8 Å². The Hall–Kier alpha value is -2.48. The van der Waals surface area contributed by atoms with Crippen LogP contribution in [-0.2, 0) is 10.5 Å². The third-order valence-corrected chi connectivity index (χ3v) is 4.61. The highest BCUT2D eigenvalue weighted by Crippen LogP contribution is 2.44. The molecule has 0 fully saturated rings. The van der Waals surface area contributed by atoms with Crippen molar-refractivity contribution < 1.29 is 24.0 Å². The Kier molecular flexibility index (Phi) is 3.99. The van der Waals surface area contributed by atoms with E-state index in [-0.39, 0.29) is 5.69 Å². The van der Waals surface area contributed by atoms with Crippen molar-refractivity contribution in [1.29, 1.82) is 0 Å². The third-order valence-electron chi connectivity index (χ3n) is 3.53. The monoisotopic (exact) mass is 334 g/mol. The topological polar surface area (TPSA) is 102 Å². The number of amides is 1. The summed E-state index contributed by atoms with van der Waals surface area (Å²) in [6.07, 6.45) is 0. The van der Waals surface area contributed by atoms with Crippen LogP contribution in [0.3, 0.4) is 0 Å². The van der Waals surface area contributed by atoms with Gasteiger partial charge in [0.25, 0.3) is 5.91 Å². The van der Waals surface area contributed by atoms with Gasteiger partial charge in [-0.05, 0) is 25.1 Å². The number of methoxy groups -OCH3 is 1. The van der Waals surface area contributed by atoms with Gasteiger partial charge in [0, 0.05) is 21.8 Å². The van der Waals surface area contributed by atoms with Gasteiger partial charge in [0.2, 0.25) is 0 Å². The molecular formula is C15H14N2O5S. The van der Waals surface area contributed by atoms with Crippen molar-refractivity contribution >= 4 is 23.6 Å². The summed E-state index contributed by atoms with van der Waals surface area (Å²) in [4.78, 5) is 24.0. The van der Waals surface area contributed by atoms with Gasteiger partial charge in [-0.3, -0.25) is 9.59 Å². The number of nitrogens with zero attached hydrogens (tertiary/aromatic N) is 1. The van der Waals surface area contributed by atoms with Crippen molar-refractivity contribution in [3.05, 3.63) is 29.5 Å². The fourth-order valence-corrected chi connectivity index (χ4v) is 3.33. The quantitative estimate of drug-likeness (QED) is 0.883. The molecule has 0 saturated carbocycles. The Bertz CT molecular complexity index is 786. The van der Waals surface area contributed by atoms with E-state index in [1.165, 1.54) is 6.92 Å². The van der Waals surface area contributed by atoms with Gasteiger partial charge in [-0.25, -0.2) is 0 Å². The number of hydrogen-bond acceptors (Lipinski definition) is 6. The van der Waals surface area contributed by atoms with Crippen LogP contribution in [0.2, 0.25) is 0 Å². The van der Waals surface area contributed by atoms with Crippen molar-refractivity contribution in [3.63, 3.8) is 0 Å². The molecule has 8 heteroatoms. The number of nitrogens with one attached hydrogen (secondary N) is 1. The summed E-state index contributed by atoms with van der Waals surface area (Å²) in [7, 11) is 1.60. The van der Waals surface area contributed by atoms with Crippen LogP contribution < -0.4 is 10.1 Å². The van der Waals surface area contributed by atoms with Crippen LogP contribution in [0.25, 0.3) is 11.3 Å². The van der Waals surface area contributed by atoms with Crippen LogP contribution in [0.1, 0.15) is 23.0 Å². The molecule has 0 aliphatic carbocycles. The van der Waals surface area contributed by atoms with E-state index in [1.807, 2.05) is 18.2 Å². The molecule has 0 radical (unpaired) electrons. The third kappa shape index (κ3) is 2.77. The fraction of sp³-hybridized carbons (Fsp3) is 0.267. The van der Waals surface area contributed by atoms with E-state index in [0.717, 1.165) is 16.2 Å². The summed E-state index contributed by atoms with van der Waals surface area (Å²) in [6.45, 7) is 1.39. The maximum atomic E-state index is 12.2. The maximum absolute atomic E-state index is 12.2. The molecule has 2 N–H and O–H groups in total. The van der Waals surface area contributed by atoms with E-state index >= 15 is 0 Å². The molecule has 0 spiro atoms. The van der Waals surface area contributed by atoms with Gasteiger partial charge in [0.05, 0.1) is 7.11 Å². The molecule has 1 atom stereocenters. The number of carbonyl (C=O) groups is 2. The number of carboxylic acid groups (broad SMARTS) is 1. The largest absolute Gasteiger partial charge is 0.497 e. The number of carbonyl (C=O) groups excluding carboxylic acids is 1. The lowest BCUT2D eigenvalue weighted by Crippen LogP contribution is -2.38. The van der Waals surface area contributed by atoms with E-state index in [4.69, 9.17) is 14.4 Å². The van der Waals surface area contributed by atoms with Gasteiger partial charge in [-0.2, -0.15) is 0 Å². The van der Waals surface area contributed by atoms with Crippen LogP contribution in [0.5, 0.6) is 5.75 Å². The Morgan fingerprint density at radius 1 is 1.48 bits per heavy atom. The van der Waals surface area contributed by atoms with Gasteiger partial charge in [-0.1, -0.05) is 5.16 Å². The lowest BCUT2D eigenvalue weighted by Gasteiger charge is -2.15. The molecule has 0 bridgehead atoms. The van der Waals surface area contributed by atoms with Crippen molar-refractivity contribution in [1.82, 2.24) is 10.5 Å². The van der Waals surface area contributed by atoms with E-state index in [2.05, 4.69) is 10.5 Å². The van der Waals surface area contributed by atoms with Gasteiger partial charge in [-0.15, -0.1) is 11.8 Å². The minimum atomic E-state index is -1.11. The zero-order valence-electron chi connectivity index (χ0n) is 12.5. The Balaban J connectivity index is 1.93. The summed E-state index contributed by atoms with van der Waals surface area (Å²) < 4.78 is 10.5. The number of rotatable bonds is 4. The van der Waals surface area contributed by atoms with Gasteiger partial charge < -0.3 is 19.7 Å². The summed E-state index contributed by atoms with van der Waals surface area (Å²) >= 11 is 1.55. The average molecular weight is 334 g/mol. The molecule has 23 heavy (non-hydrogen) atoms. The first kappa shape index (κ1) is 15.4. The predicted octanol–water partition coefficient (Wildman–Crippen LogP) is 2.16. The number of aromatic nitrogens is 1. The molecule has 1 aromatic carbocycles. The predicted molar refractivity (Wildman–Crippen MR) is 82.6 cm³/mol. The number of aliphatic carboxylic acids is 1. The first-order valence-electron chi connectivity index (χ1n) is 6.84. The number of ether oxygens (including phenoxy) is 1. The Morgan fingerprint density at radius 2 is 2.26 bits per heavy atom. The summed E-state index contributed by atoms with van der Waals surface area (Å²) in [5.74, 6) is 0.135. The van der Waals surface area contributed by atoms with E-state index in [0.29, 0.717) is 17.1 Å². The van der Waals surface area contributed by atoms with Crippen molar-refractivity contribution in [2.45, 2.75) is 23.6 Å². The molecule has 2 heterocycles. The average Bonchev–Trinajstić information content (AvgIpc) is 2.98. The minimum Gasteiger partial charge on any atom is -0.497 e. The van der Waals surface area contributed by atoms with Crippen molar-refractivity contribution in [2.24, 2.45) is 0 Å². The summed E-state index contributed by atoms with van der Waals surface area (Å²) in [5, 5.41) is 15.1.